The van der Waals surface area contributed by atoms with Crippen molar-refractivity contribution in [1.29, 1.82) is 0 Å². The number of nitrogens with zero attached hydrogens (tertiary/aromatic N) is 3. The summed E-state index contributed by atoms with van der Waals surface area (Å²) in [4.78, 5) is 0. The highest BCUT2D eigenvalue weighted by atomic mass is 79.9. The first-order chi connectivity index (χ1) is 17.8. The average molecular weight is 729 g/mol. The lowest BCUT2D eigenvalue weighted by molar-refractivity contribution is -0.699. The van der Waals surface area contributed by atoms with Gasteiger partial charge >= 0.3 is 0 Å². The van der Waals surface area contributed by atoms with E-state index >= 15 is 0 Å². The molecule has 9 heteroatoms. The minimum atomic E-state index is 0. The Labute approximate surface area is 266 Å². The van der Waals surface area contributed by atoms with Gasteiger partial charge in [-0.15, -0.1) is 0 Å². The highest BCUT2D eigenvalue weighted by Crippen LogP contribution is 2.05. The van der Waals surface area contributed by atoms with Crippen molar-refractivity contribution in [1.82, 2.24) is 16.0 Å². The van der Waals surface area contributed by atoms with Gasteiger partial charge in [0.2, 0.25) is 0 Å². The summed E-state index contributed by atoms with van der Waals surface area (Å²) in [6, 6.07) is 20.7. The van der Waals surface area contributed by atoms with E-state index in [1.54, 1.807) is 0 Å². The summed E-state index contributed by atoms with van der Waals surface area (Å²) < 4.78 is 6.72. The van der Waals surface area contributed by atoms with E-state index in [1.807, 2.05) is 0 Å². The highest BCUT2D eigenvalue weighted by molar-refractivity contribution is 4.85. The molecule has 3 atom stereocenters. The fraction of sp³-hybridized carbons (Fsp3) is 0.500. The zero-order valence-electron chi connectivity index (χ0n) is 22.9. The zero-order valence-corrected chi connectivity index (χ0v) is 27.6. The van der Waals surface area contributed by atoms with E-state index in [0.717, 1.165) is 19.6 Å². The van der Waals surface area contributed by atoms with E-state index in [1.165, 1.54) is 58.2 Å². The predicted molar refractivity (Wildman–Crippen MR) is 143 cm³/mol. The Morgan fingerprint density at radius 2 is 0.667 bits per heavy atom. The molecule has 0 aliphatic carbocycles. The number of hydrogen-bond acceptors (Lipinski definition) is 3. The van der Waals surface area contributed by atoms with E-state index in [0.29, 0.717) is 18.1 Å². The molecule has 216 valence electrons. The van der Waals surface area contributed by atoms with Crippen molar-refractivity contribution in [2.45, 2.75) is 76.3 Å². The van der Waals surface area contributed by atoms with Crippen LogP contribution < -0.4 is 80.6 Å². The number of aromatic nitrogens is 3. The van der Waals surface area contributed by atoms with Gasteiger partial charge < -0.3 is 66.9 Å². The normalized spacial score (nSPS) is 21.1. The van der Waals surface area contributed by atoms with Crippen molar-refractivity contribution < 1.29 is 64.6 Å². The molecule has 3 aromatic rings. The van der Waals surface area contributed by atoms with Gasteiger partial charge in [0.1, 0.15) is 0 Å². The Morgan fingerprint density at radius 1 is 0.410 bits per heavy atom. The SMILES string of the molecule is [Br-].[Br-].[Br-].c1cc[n+](C[C@@H]2CCCN2)cc1.c1cc[n+](C[C@@H]2CCCN2)cc1.c1cc[n+](C[C@@H]2CCCN2)cc1. The van der Waals surface area contributed by atoms with Crippen molar-refractivity contribution in [3.63, 3.8) is 0 Å². The van der Waals surface area contributed by atoms with Crippen LogP contribution in [0, 0.1) is 0 Å². The molecular weight excluding hydrogens is 684 g/mol. The van der Waals surface area contributed by atoms with Crippen LogP contribution in [0.2, 0.25) is 0 Å². The number of rotatable bonds is 6. The number of pyridine rings is 3. The van der Waals surface area contributed by atoms with Crippen molar-refractivity contribution >= 4 is 0 Å². The van der Waals surface area contributed by atoms with Crippen LogP contribution in [0.25, 0.3) is 0 Å². The van der Waals surface area contributed by atoms with Crippen molar-refractivity contribution in [3.8, 4) is 0 Å². The van der Waals surface area contributed by atoms with Crippen molar-refractivity contribution in [2.24, 2.45) is 0 Å². The molecule has 0 saturated carbocycles. The molecule has 0 unspecified atom stereocenters. The summed E-state index contributed by atoms with van der Waals surface area (Å²) in [5, 5.41) is 10.5. The maximum absolute atomic E-state index is 3.48. The zero-order chi connectivity index (χ0) is 24.7. The molecule has 3 fully saturated rings. The number of halogens is 3. The molecule has 39 heavy (non-hydrogen) atoms. The first-order valence-electron chi connectivity index (χ1n) is 13.9. The van der Waals surface area contributed by atoms with Crippen LogP contribution in [-0.4, -0.2) is 37.8 Å². The van der Waals surface area contributed by atoms with E-state index in [-0.39, 0.29) is 50.9 Å². The second-order valence-corrected chi connectivity index (χ2v) is 10.1. The molecule has 6 nitrogen and oxygen atoms in total. The van der Waals surface area contributed by atoms with E-state index in [2.05, 4.69) is 121 Å². The molecule has 3 N–H and O–H groups in total. The van der Waals surface area contributed by atoms with Crippen LogP contribution in [0.1, 0.15) is 38.5 Å². The van der Waals surface area contributed by atoms with Gasteiger partial charge in [-0.25, -0.2) is 13.7 Å². The van der Waals surface area contributed by atoms with Gasteiger partial charge in [0, 0.05) is 36.4 Å². The monoisotopic (exact) mass is 726 g/mol. The van der Waals surface area contributed by atoms with Crippen LogP contribution >= 0.6 is 0 Å². The standard InChI is InChI=1S/3C10H15N2.3BrH/c3*1-2-7-12(8-3-1)9-10-5-4-6-11-10;;;/h3*1-3,7-8,10-11H,4-6,9H2;3*1H/q3*+1;;;/p-3/t3*10-;;;/m000.../s1. The van der Waals surface area contributed by atoms with Crippen LogP contribution in [-0.2, 0) is 19.6 Å². The number of nitrogens with one attached hydrogen (secondary N) is 3. The van der Waals surface area contributed by atoms with Gasteiger partial charge in [-0.05, 0) is 58.2 Å². The van der Waals surface area contributed by atoms with Gasteiger partial charge in [-0.1, -0.05) is 18.2 Å². The van der Waals surface area contributed by atoms with E-state index in [9.17, 15) is 0 Å². The number of hydrogen-bond donors (Lipinski definition) is 3. The smallest absolute Gasteiger partial charge is 0.168 e. The summed E-state index contributed by atoms with van der Waals surface area (Å²) in [6.45, 7) is 6.91. The molecule has 0 radical (unpaired) electrons. The molecular formula is C30H45Br3N6. The second-order valence-electron chi connectivity index (χ2n) is 10.1. The highest BCUT2D eigenvalue weighted by Gasteiger charge is 2.19. The van der Waals surface area contributed by atoms with Gasteiger partial charge in [-0.3, -0.25) is 0 Å². The molecule has 3 aliphatic heterocycles. The fourth-order valence-corrected chi connectivity index (χ4v) is 5.17. The van der Waals surface area contributed by atoms with Gasteiger partial charge in [0.15, 0.2) is 56.8 Å². The first kappa shape index (κ1) is 35.8. The molecule has 0 spiro atoms. The van der Waals surface area contributed by atoms with Crippen LogP contribution in [0.15, 0.2) is 91.8 Å². The van der Waals surface area contributed by atoms with Crippen LogP contribution in [0.3, 0.4) is 0 Å². The minimum absolute atomic E-state index is 0. The lowest BCUT2D eigenvalue weighted by Gasteiger charge is -2.04. The van der Waals surface area contributed by atoms with E-state index < -0.39 is 0 Å². The Hall–Kier alpha value is -1.23. The molecule has 0 bridgehead atoms. The van der Waals surface area contributed by atoms with Crippen molar-refractivity contribution in [3.05, 3.63) is 91.8 Å². The lowest BCUT2D eigenvalue weighted by Crippen LogP contribution is -3.00. The lowest BCUT2D eigenvalue weighted by atomic mass is 10.2. The van der Waals surface area contributed by atoms with Gasteiger partial charge in [-0.2, -0.15) is 0 Å². The first-order valence-corrected chi connectivity index (χ1v) is 13.9. The third-order valence-corrected chi connectivity index (χ3v) is 7.11. The molecule has 3 aromatic heterocycles. The van der Waals surface area contributed by atoms with Gasteiger partial charge in [0.05, 0.1) is 18.1 Å². The summed E-state index contributed by atoms with van der Waals surface area (Å²) >= 11 is 0. The predicted octanol–water partition coefficient (Wildman–Crippen LogP) is -6.81. The summed E-state index contributed by atoms with van der Waals surface area (Å²) in [5.41, 5.74) is 0. The summed E-state index contributed by atoms with van der Waals surface area (Å²) in [6.07, 6.45) is 20.7. The molecule has 6 rings (SSSR count). The molecule has 6 heterocycles. The maximum Gasteiger partial charge on any atom is 0.168 e. The van der Waals surface area contributed by atoms with Crippen molar-refractivity contribution in [2.75, 3.05) is 19.6 Å². The van der Waals surface area contributed by atoms with Crippen LogP contribution in [0.4, 0.5) is 0 Å². The van der Waals surface area contributed by atoms with Crippen LogP contribution in [0.5, 0.6) is 0 Å². The second kappa shape index (κ2) is 21.5. The topological polar surface area (TPSA) is 47.7 Å². The molecule has 3 aliphatic rings. The minimum Gasteiger partial charge on any atom is -1.00 e. The molecule has 0 amide bonds. The Morgan fingerprint density at radius 3 is 0.872 bits per heavy atom. The summed E-state index contributed by atoms with van der Waals surface area (Å²) in [7, 11) is 0. The average Bonchev–Trinajstić information content (AvgIpc) is 3.72. The molecule has 3 saturated heterocycles. The summed E-state index contributed by atoms with van der Waals surface area (Å²) in [5.74, 6) is 0. The van der Waals surface area contributed by atoms with Gasteiger partial charge in [0.25, 0.3) is 0 Å². The Balaban J connectivity index is 0.000000282. The third-order valence-electron chi connectivity index (χ3n) is 7.11. The Bertz CT molecular complexity index is 823. The largest absolute Gasteiger partial charge is 1.00 e. The Kier molecular flexibility index (Phi) is 19.7. The quantitative estimate of drug-likeness (QED) is 0.222. The maximum atomic E-state index is 3.48. The third kappa shape index (κ3) is 14.3. The fourth-order valence-electron chi connectivity index (χ4n) is 5.17. The molecule has 0 aromatic carbocycles. The van der Waals surface area contributed by atoms with E-state index in [4.69, 9.17) is 0 Å².